The van der Waals surface area contributed by atoms with Crippen molar-refractivity contribution in [3.8, 4) is 22.8 Å². The number of hydrogen-bond acceptors (Lipinski definition) is 6. The molecule has 4 rings (SSSR count). The van der Waals surface area contributed by atoms with Gasteiger partial charge in [0.15, 0.2) is 11.5 Å². The Hall–Kier alpha value is -3.00. The van der Waals surface area contributed by atoms with Crippen molar-refractivity contribution in [3.05, 3.63) is 58.4 Å². The summed E-state index contributed by atoms with van der Waals surface area (Å²) in [6, 6.07) is 12.7. The van der Waals surface area contributed by atoms with E-state index in [2.05, 4.69) is 15.4 Å². The SMILES string of the molecule is COc1ccc([C@@H]2Nc3ccccc3-c3c(=O)[nH]c(SC)n[n+]32)cc1O. The first kappa shape index (κ1) is 16.5. The van der Waals surface area contributed by atoms with Gasteiger partial charge < -0.3 is 15.2 Å². The molecule has 0 amide bonds. The highest BCUT2D eigenvalue weighted by atomic mass is 32.2. The van der Waals surface area contributed by atoms with E-state index >= 15 is 0 Å². The van der Waals surface area contributed by atoms with Gasteiger partial charge in [-0.1, -0.05) is 23.9 Å². The third-order valence-corrected chi connectivity index (χ3v) is 4.86. The number of rotatable bonds is 3. The van der Waals surface area contributed by atoms with E-state index in [9.17, 15) is 9.90 Å². The van der Waals surface area contributed by atoms with E-state index in [0.29, 0.717) is 16.6 Å². The number of nitrogens with one attached hydrogen (secondary N) is 2. The van der Waals surface area contributed by atoms with Crippen LogP contribution in [0.15, 0.2) is 52.4 Å². The maximum atomic E-state index is 12.7. The molecule has 26 heavy (non-hydrogen) atoms. The molecule has 0 bridgehead atoms. The number of hydrogen-bond donors (Lipinski definition) is 3. The average Bonchev–Trinajstić information content (AvgIpc) is 2.66. The quantitative estimate of drug-likeness (QED) is 0.484. The zero-order valence-corrected chi connectivity index (χ0v) is 15.0. The van der Waals surface area contributed by atoms with Crippen LogP contribution in [0.25, 0.3) is 11.3 Å². The number of phenolic OH excluding ortho intramolecular Hbond substituents is 1. The molecule has 0 aliphatic carbocycles. The zero-order chi connectivity index (χ0) is 18.3. The number of ether oxygens (including phenoxy) is 1. The molecule has 0 saturated carbocycles. The van der Waals surface area contributed by atoms with Crippen LogP contribution in [0.3, 0.4) is 0 Å². The smallest absolute Gasteiger partial charge is 0.325 e. The highest BCUT2D eigenvalue weighted by Gasteiger charge is 2.37. The molecule has 8 heteroatoms. The summed E-state index contributed by atoms with van der Waals surface area (Å²) >= 11 is 1.36. The van der Waals surface area contributed by atoms with Crippen molar-refractivity contribution in [1.82, 2.24) is 10.1 Å². The van der Waals surface area contributed by atoms with E-state index in [-0.39, 0.29) is 11.3 Å². The number of para-hydroxylation sites is 1. The Bertz CT molecular complexity index is 1050. The van der Waals surface area contributed by atoms with Crippen LogP contribution in [0.2, 0.25) is 0 Å². The van der Waals surface area contributed by atoms with Gasteiger partial charge in [-0.25, -0.2) is 0 Å². The molecule has 2 aromatic carbocycles. The minimum atomic E-state index is -0.440. The predicted molar refractivity (Wildman–Crippen MR) is 98.7 cm³/mol. The largest absolute Gasteiger partial charge is 0.504 e. The number of aromatic amines is 1. The van der Waals surface area contributed by atoms with Crippen LogP contribution in [-0.4, -0.2) is 28.6 Å². The number of nitrogens with zero attached hydrogens (tertiary/aromatic N) is 2. The highest BCUT2D eigenvalue weighted by molar-refractivity contribution is 7.98. The number of thioether (sulfide) groups is 1. The number of benzene rings is 2. The fourth-order valence-electron chi connectivity index (χ4n) is 3.08. The molecule has 0 spiro atoms. The second-order valence-electron chi connectivity index (χ2n) is 5.78. The fraction of sp³-hybridized carbons (Fsp3) is 0.167. The Balaban J connectivity index is 1.95. The maximum Gasteiger partial charge on any atom is 0.325 e. The van der Waals surface area contributed by atoms with Gasteiger partial charge in [0.1, 0.15) is 0 Å². The van der Waals surface area contributed by atoms with Crippen molar-refractivity contribution in [1.29, 1.82) is 0 Å². The molecule has 2 heterocycles. The number of fused-ring (bicyclic) bond motifs is 3. The van der Waals surface area contributed by atoms with Crippen molar-refractivity contribution in [2.24, 2.45) is 0 Å². The summed E-state index contributed by atoms with van der Waals surface area (Å²) in [6.45, 7) is 0. The third-order valence-electron chi connectivity index (χ3n) is 4.29. The molecule has 1 aliphatic heterocycles. The van der Waals surface area contributed by atoms with Crippen molar-refractivity contribution >= 4 is 17.4 Å². The van der Waals surface area contributed by atoms with Gasteiger partial charge in [-0.2, -0.15) is 0 Å². The Labute approximate surface area is 153 Å². The van der Waals surface area contributed by atoms with Crippen LogP contribution in [0.4, 0.5) is 5.69 Å². The minimum absolute atomic E-state index is 0.0303. The van der Waals surface area contributed by atoms with E-state index in [1.54, 1.807) is 16.8 Å². The summed E-state index contributed by atoms with van der Waals surface area (Å²) in [5.41, 5.74) is 2.63. The van der Waals surface area contributed by atoms with Crippen LogP contribution in [0, 0.1) is 0 Å². The van der Waals surface area contributed by atoms with Gasteiger partial charge in [0.25, 0.3) is 6.17 Å². The van der Waals surface area contributed by atoms with Crippen LogP contribution in [-0.2, 0) is 0 Å². The lowest BCUT2D eigenvalue weighted by atomic mass is 10.0. The molecule has 0 radical (unpaired) electrons. The fourth-order valence-corrected chi connectivity index (χ4v) is 3.45. The van der Waals surface area contributed by atoms with E-state index in [4.69, 9.17) is 4.74 Å². The van der Waals surface area contributed by atoms with Gasteiger partial charge in [-0.3, -0.25) is 9.78 Å². The summed E-state index contributed by atoms with van der Waals surface area (Å²) < 4.78 is 6.78. The van der Waals surface area contributed by atoms with Crippen molar-refractivity contribution < 1.29 is 14.5 Å². The number of aromatic hydroxyl groups is 1. The second kappa shape index (κ2) is 6.38. The lowest BCUT2D eigenvalue weighted by Gasteiger charge is -2.22. The first-order valence-corrected chi connectivity index (χ1v) is 9.18. The molecule has 1 aromatic heterocycles. The average molecular weight is 369 g/mol. The number of aromatic nitrogens is 3. The molecule has 0 saturated heterocycles. The van der Waals surface area contributed by atoms with Crippen LogP contribution in [0.1, 0.15) is 11.7 Å². The highest BCUT2D eigenvalue weighted by Crippen LogP contribution is 2.34. The van der Waals surface area contributed by atoms with Crippen molar-refractivity contribution in [2.75, 3.05) is 18.7 Å². The van der Waals surface area contributed by atoms with E-state index < -0.39 is 6.17 Å². The lowest BCUT2D eigenvalue weighted by Crippen LogP contribution is -2.55. The van der Waals surface area contributed by atoms with E-state index in [1.165, 1.54) is 18.9 Å². The Morgan fingerprint density at radius 1 is 1.27 bits per heavy atom. The lowest BCUT2D eigenvalue weighted by molar-refractivity contribution is -0.759. The topological polar surface area (TPSA) is 91.1 Å². The van der Waals surface area contributed by atoms with Crippen molar-refractivity contribution in [2.45, 2.75) is 11.3 Å². The summed E-state index contributed by atoms with van der Waals surface area (Å²) in [7, 11) is 1.50. The summed E-state index contributed by atoms with van der Waals surface area (Å²) in [4.78, 5) is 15.5. The molecule has 7 nitrogen and oxygen atoms in total. The number of phenols is 1. The second-order valence-corrected chi connectivity index (χ2v) is 6.58. The normalized spacial score (nSPS) is 14.9. The molecule has 0 unspecified atom stereocenters. The Morgan fingerprint density at radius 3 is 2.81 bits per heavy atom. The summed E-state index contributed by atoms with van der Waals surface area (Å²) in [6.07, 6.45) is 1.41. The number of H-pyrrole nitrogens is 1. The minimum Gasteiger partial charge on any atom is -0.504 e. The van der Waals surface area contributed by atoms with Crippen LogP contribution in [0.5, 0.6) is 11.5 Å². The van der Waals surface area contributed by atoms with Gasteiger partial charge in [0.2, 0.25) is 5.16 Å². The first-order chi connectivity index (χ1) is 12.6. The van der Waals surface area contributed by atoms with E-state index in [0.717, 1.165) is 16.8 Å². The molecule has 1 atom stereocenters. The first-order valence-electron chi connectivity index (χ1n) is 7.95. The third kappa shape index (κ3) is 2.59. The van der Waals surface area contributed by atoms with Crippen LogP contribution >= 0.6 is 11.8 Å². The molecule has 132 valence electrons. The van der Waals surface area contributed by atoms with Crippen LogP contribution < -0.4 is 20.3 Å². The standard InChI is InChI=1S/C18H16N4O3S/c1-25-14-8-7-10(9-13(14)23)16-19-12-6-4-3-5-11(12)15-17(24)20-18(26-2)21-22(15)16/h3-9,16H,1-2H3,(H2,20,21,23,24)/p+1/t16-/m1/s1. The molecule has 3 aromatic rings. The molecule has 1 aliphatic rings. The van der Waals surface area contributed by atoms with Gasteiger partial charge >= 0.3 is 11.3 Å². The number of anilines is 1. The van der Waals surface area contributed by atoms with Gasteiger partial charge in [-0.15, -0.1) is 0 Å². The monoisotopic (exact) mass is 369 g/mol. The Morgan fingerprint density at radius 2 is 2.08 bits per heavy atom. The van der Waals surface area contributed by atoms with Crippen molar-refractivity contribution in [3.63, 3.8) is 0 Å². The Kier molecular flexibility index (Phi) is 4.04. The van der Waals surface area contributed by atoms with Gasteiger partial charge in [0, 0.05) is 10.7 Å². The maximum absolute atomic E-state index is 12.7. The van der Waals surface area contributed by atoms with E-state index in [1.807, 2.05) is 36.6 Å². The molecular formula is C18H17N4O3S+. The number of methoxy groups -OCH3 is 1. The summed E-state index contributed by atoms with van der Waals surface area (Å²) in [5, 5.41) is 18.7. The molecule has 3 N–H and O–H groups in total. The molecule has 0 fully saturated rings. The van der Waals surface area contributed by atoms with Gasteiger partial charge in [-0.05, 0) is 41.3 Å². The molecular weight excluding hydrogens is 352 g/mol. The zero-order valence-electron chi connectivity index (χ0n) is 14.2. The summed E-state index contributed by atoms with van der Waals surface area (Å²) in [5.74, 6) is 0.418. The predicted octanol–water partition coefficient (Wildman–Crippen LogP) is 2.13. The van der Waals surface area contributed by atoms with Gasteiger partial charge in [0.05, 0.1) is 18.4 Å².